The van der Waals surface area contributed by atoms with E-state index in [1.54, 1.807) is 6.92 Å². The summed E-state index contributed by atoms with van der Waals surface area (Å²) in [6, 6.07) is 3.63. The van der Waals surface area contributed by atoms with Crippen LogP contribution in [-0.4, -0.2) is 15.9 Å². The van der Waals surface area contributed by atoms with Crippen LogP contribution < -0.4 is 11.3 Å². The Labute approximate surface area is 119 Å². The number of aliphatic imine (C=N–C) groups is 1. The maximum absolute atomic E-state index is 13.5. The summed E-state index contributed by atoms with van der Waals surface area (Å²) in [6.45, 7) is 1.63. The first kappa shape index (κ1) is 14.8. The molecule has 1 aromatic heterocycles. The van der Waals surface area contributed by atoms with Crippen LogP contribution in [0, 0.1) is 11.6 Å². The van der Waals surface area contributed by atoms with Crippen LogP contribution in [0.3, 0.4) is 0 Å². The van der Waals surface area contributed by atoms with E-state index in [2.05, 4.69) is 15.2 Å². The molecule has 0 aliphatic heterocycles. The summed E-state index contributed by atoms with van der Waals surface area (Å²) in [5.74, 6) is -1.32. The molecule has 1 aromatic carbocycles. The van der Waals surface area contributed by atoms with Gasteiger partial charge in [-0.1, -0.05) is 13.0 Å². The second-order valence-corrected chi connectivity index (χ2v) is 4.34. The van der Waals surface area contributed by atoms with Gasteiger partial charge in [0.2, 0.25) is 0 Å². The van der Waals surface area contributed by atoms with Crippen molar-refractivity contribution >= 4 is 11.4 Å². The summed E-state index contributed by atoms with van der Waals surface area (Å²) in [7, 11) is 0. The van der Waals surface area contributed by atoms with Crippen LogP contribution >= 0.6 is 0 Å². The first-order valence-electron chi connectivity index (χ1n) is 6.34. The first-order valence-corrected chi connectivity index (χ1v) is 6.34. The number of nitrogens with two attached hydrogens (primary N) is 1. The highest BCUT2D eigenvalue weighted by Crippen LogP contribution is 2.15. The summed E-state index contributed by atoms with van der Waals surface area (Å²) in [5.41, 5.74) is 5.85. The molecule has 1 heterocycles. The fourth-order valence-electron chi connectivity index (χ4n) is 1.88. The zero-order valence-electron chi connectivity index (χ0n) is 11.4. The van der Waals surface area contributed by atoms with Gasteiger partial charge in [-0.15, -0.1) is 0 Å². The van der Waals surface area contributed by atoms with Crippen molar-refractivity contribution in [3.63, 3.8) is 0 Å². The van der Waals surface area contributed by atoms with Crippen LogP contribution in [0.5, 0.6) is 0 Å². The monoisotopic (exact) mass is 292 g/mol. The van der Waals surface area contributed by atoms with Gasteiger partial charge in [0.05, 0.1) is 12.7 Å². The lowest BCUT2D eigenvalue weighted by molar-refractivity contribution is 0.557. The van der Waals surface area contributed by atoms with Gasteiger partial charge in [0.25, 0.3) is 5.56 Å². The van der Waals surface area contributed by atoms with E-state index in [1.807, 2.05) is 0 Å². The number of anilines is 1. The molecule has 0 aliphatic carbocycles. The second-order valence-electron chi connectivity index (χ2n) is 4.34. The van der Waals surface area contributed by atoms with E-state index in [1.165, 1.54) is 24.4 Å². The largest absolute Gasteiger partial charge is 0.394 e. The van der Waals surface area contributed by atoms with E-state index in [9.17, 15) is 13.6 Å². The molecule has 2 rings (SSSR count). The van der Waals surface area contributed by atoms with Crippen LogP contribution in [0.4, 0.5) is 14.5 Å². The third kappa shape index (κ3) is 3.13. The minimum Gasteiger partial charge on any atom is -0.394 e. The van der Waals surface area contributed by atoms with Crippen LogP contribution in [0.2, 0.25) is 0 Å². The Morgan fingerprint density at radius 2 is 2.05 bits per heavy atom. The lowest BCUT2D eigenvalue weighted by Gasteiger charge is -2.07. The molecule has 21 heavy (non-hydrogen) atoms. The van der Waals surface area contributed by atoms with Crippen LogP contribution in [0.1, 0.15) is 24.5 Å². The van der Waals surface area contributed by atoms with Crippen molar-refractivity contribution in [3.8, 4) is 0 Å². The Kier molecular flexibility index (Phi) is 4.42. The van der Waals surface area contributed by atoms with E-state index >= 15 is 0 Å². The molecule has 0 atom stereocenters. The van der Waals surface area contributed by atoms with Crippen molar-refractivity contribution in [1.29, 1.82) is 0 Å². The van der Waals surface area contributed by atoms with E-state index in [0.717, 1.165) is 0 Å². The van der Waals surface area contributed by atoms with Gasteiger partial charge < -0.3 is 5.73 Å². The van der Waals surface area contributed by atoms with E-state index in [4.69, 9.17) is 5.73 Å². The quantitative estimate of drug-likeness (QED) is 0.846. The molecule has 110 valence electrons. The number of rotatable bonds is 4. The Morgan fingerprint density at radius 3 is 2.67 bits per heavy atom. The normalized spacial score (nSPS) is 11.7. The second kappa shape index (κ2) is 6.25. The number of halogens is 2. The number of hydrogen-bond donors (Lipinski definition) is 2. The van der Waals surface area contributed by atoms with Crippen LogP contribution in [0.25, 0.3) is 0 Å². The minimum atomic E-state index is -0.661. The summed E-state index contributed by atoms with van der Waals surface area (Å²) < 4.78 is 27.1. The molecule has 0 saturated heterocycles. The topological polar surface area (TPSA) is 84.1 Å². The zero-order chi connectivity index (χ0) is 15.4. The third-order valence-corrected chi connectivity index (χ3v) is 3.03. The first-order chi connectivity index (χ1) is 10.0. The lowest BCUT2D eigenvalue weighted by atomic mass is 10.1. The minimum absolute atomic E-state index is 0.0143. The lowest BCUT2D eigenvalue weighted by Crippen LogP contribution is -2.18. The highest BCUT2D eigenvalue weighted by molar-refractivity contribution is 6.04. The van der Waals surface area contributed by atoms with E-state index < -0.39 is 17.2 Å². The van der Waals surface area contributed by atoms with Gasteiger partial charge >= 0.3 is 0 Å². The number of nitrogens with zero attached hydrogens (tertiary/aromatic N) is 2. The predicted molar refractivity (Wildman–Crippen MR) is 76.2 cm³/mol. The molecule has 0 saturated carbocycles. The Hall–Kier alpha value is -2.57. The molecule has 5 nitrogen and oxygen atoms in total. The van der Waals surface area contributed by atoms with Gasteiger partial charge in [-0.2, -0.15) is 5.10 Å². The van der Waals surface area contributed by atoms with E-state index in [-0.39, 0.29) is 17.8 Å². The number of benzene rings is 1. The maximum Gasteiger partial charge on any atom is 0.287 e. The number of aromatic nitrogens is 2. The van der Waals surface area contributed by atoms with Crippen molar-refractivity contribution in [2.75, 3.05) is 5.73 Å². The van der Waals surface area contributed by atoms with Crippen molar-refractivity contribution in [2.24, 2.45) is 4.99 Å². The molecule has 0 amide bonds. The Morgan fingerprint density at radius 1 is 1.38 bits per heavy atom. The Balaban J connectivity index is 2.38. The molecule has 0 spiro atoms. The molecule has 7 heteroatoms. The third-order valence-electron chi connectivity index (χ3n) is 3.03. The fraction of sp³-hybridized carbons (Fsp3) is 0.214. The molecule has 3 N–H and O–H groups in total. The molecule has 2 aromatic rings. The molecule has 0 bridgehead atoms. The highest BCUT2D eigenvalue weighted by Gasteiger charge is 2.11. The number of nitrogen functional groups attached to an aromatic ring is 1. The SMILES string of the molecule is CCC(=NCc1c(F)cccc1F)c1cn[nH]c(=O)c1N. The summed E-state index contributed by atoms with van der Waals surface area (Å²) in [4.78, 5) is 15.6. The van der Waals surface area contributed by atoms with Gasteiger partial charge in [0.1, 0.15) is 17.3 Å². The standard InChI is InChI=1S/C14H14F2N4O/c1-2-12(9-7-19-20-14(21)13(9)17)18-6-8-10(15)4-3-5-11(8)16/h3-5,7H,2,6H2,1H3,(H2,17,19)(H,20,21). The van der Waals surface area contributed by atoms with Crippen molar-refractivity contribution in [2.45, 2.75) is 19.9 Å². The fourth-order valence-corrected chi connectivity index (χ4v) is 1.88. The molecule has 0 radical (unpaired) electrons. The zero-order valence-corrected chi connectivity index (χ0v) is 11.4. The summed E-state index contributed by atoms with van der Waals surface area (Å²) in [6.07, 6.45) is 1.82. The molecule has 0 aliphatic rings. The Bertz CT molecular complexity index is 720. The molecule has 0 fully saturated rings. The van der Waals surface area contributed by atoms with Gasteiger partial charge in [-0.25, -0.2) is 13.9 Å². The number of nitrogens with one attached hydrogen (secondary N) is 1. The predicted octanol–water partition coefficient (Wildman–Crippen LogP) is 2.03. The number of hydrogen-bond acceptors (Lipinski definition) is 4. The van der Waals surface area contributed by atoms with Crippen LogP contribution in [0.15, 0.2) is 34.2 Å². The average Bonchev–Trinajstić information content (AvgIpc) is 2.46. The maximum atomic E-state index is 13.5. The van der Waals surface area contributed by atoms with Gasteiger partial charge in [0.15, 0.2) is 0 Å². The highest BCUT2D eigenvalue weighted by atomic mass is 19.1. The summed E-state index contributed by atoms with van der Waals surface area (Å²) in [5, 5.41) is 5.86. The van der Waals surface area contributed by atoms with E-state index in [0.29, 0.717) is 17.7 Å². The smallest absolute Gasteiger partial charge is 0.287 e. The molecular formula is C14H14F2N4O. The van der Waals surface area contributed by atoms with Crippen molar-refractivity contribution in [3.05, 3.63) is 57.5 Å². The summed E-state index contributed by atoms with van der Waals surface area (Å²) >= 11 is 0. The molecule has 0 unspecified atom stereocenters. The van der Waals surface area contributed by atoms with Crippen LogP contribution in [-0.2, 0) is 6.54 Å². The van der Waals surface area contributed by atoms with Gasteiger partial charge in [-0.05, 0) is 18.6 Å². The average molecular weight is 292 g/mol. The van der Waals surface area contributed by atoms with Crippen molar-refractivity contribution in [1.82, 2.24) is 10.2 Å². The molecular weight excluding hydrogens is 278 g/mol. The van der Waals surface area contributed by atoms with Gasteiger partial charge in [-0.3, -0.25) is 9.79 Å². The van der Waals surface area contributed by atoms with Gasteiger partial charge in [0, 0.05) is 16.8 Å². The number of aromatic amines is 1. The van der Waals surface area contributed by atoms with Crippen molar-refractivity contribution < 1.29 is 8.78 Å². The number of H-pyrrole nitrogens is 1.